The number of phenolic OH excluding ortho intramolecular Hbond substituents is 1. The molecule has 1 unspecified atom stereocenters. The van der Waals surface area contributed by atoms with Crippen LogP contribution in [0, 0.1) is 5.41 Å². The minimum atomic E-state index is -5.33. The summed E-state index contributed by atoms with van der Waals surface area (Å²) in [6.07, 6.45) is -5.54. The Bertz CT molecular complexity index is 1550. The number of carbonyl (C=O) groups excluding carboxylic acids is 3. The molecule has 0 aliphatic rings. The summed E-state index contributed by atoms with van der Waals surface area (Å²) in [6.45, 7) is 5.61. The molecule has 0 radical (unpaired) electrons. The van der Waals surface area contributed by atoms with Gasteiger partial charge >= 0.3 is 12.1 Å². The van der Waals surface area contributed by atoms with Crippen LogP contribution < -0.4 is 36.1 Å². The van der Waals surface area contributed by atoms with E-state index in [1.165, 1.54) is 42.5 Å². The molecule has 3 aromatic rings. The number of hydrogen-bond acceptors (Lipinski definition) is 9. The van der Waals surface area contributed by atoms with E-state index < -0.39 is 41.6 Å². The van der Waals surface area contributed by atoms with E-state index in [0.717, 1.165) is 12.1 Å². The third-order valence-electron chi connectivity index (χ3n) is 5.65. The van der Waals surface area contributed by atoms with Crippen molar-refractivity contribution < 1.29 is 46.9 Å². The van der Waals surface area contributed by atoms with Gasteiger partial charge in [-0.05, 0) is 68.8 Å². The van der Waals surface area contributed by atoms with E-state index in [9.17, 15) is 32.7 Å². The molecule has 0 saturated carbocycles. The van der Waals surface area contributed by atoms with Crippen molar-refractivity contribution in [1.82, 2.24) is 10.9 Å². The van der Waals surface area contributed by atoms with Crippen LogP contribution in [-0.2, 0) is 9.59 Å². The van der Waals surface area contributed by atoms with E-state index in [1.807, 2.05) is 13.8 Å². The summed E-state index contributed by atoms with van der Waals surface area (Å²) < 4.78 is 54.7. The van der Waals surface area contributed by atoms with Gasteiger partial charge in [-0.3, -0.25) is 25.8 Å². The lowest BCUT2D eigenvalue weighted by atomic mass is 10.0. The number of phenols is 1. The molecule has 2 amide bonds. The standard InChI is InChI=1S/C29H30F3N5O7/c1-4-42-23-13-16(8-11-21(23)43-15(2)3)24(27(40)37-36-26(39)17-6-5-7-19(38)12-17)35-18-9-10-20(25(33)34)22(14-18)44-28(41)29(30,31)32/h5-15,24,35,38H,4H2,1-3H3,(H3,33,34)(H,36,39)(H,37,40). The van der Waals surface area contributed by atoms with E-state index in [0.29, 0.717) is 5.75 Å². The molecule has 44 heavy (non-hydrogen) atoms. The molecule has 0 aromatic heterocycles. The number of ether oxygens (including phenoxy) is 3. The Morgan fingerprint density at radius 1 is 0.977 bits per heavy atom. The lowest BCUT2D eigenvalue weighted by Crippen LogP contribution is -2.45. The molecule has 0 bridgehead atoms. The van der Waals surface area contributed by atoms with Crippen molar-refractivity contribution >= 4 is 29.3 Å². The number of hydrazine groups is 1. The zero-order valence-electron chi connectivity index (χ0n) is 23.7. The molecule has 234 valence electrons. The number of nitrogens with one attached hydrogen (secondary N) is 4. The van der Waals surface area contributed by atoms with Gasteiger partial charge in [-0.1, -0.05) is 12.1 Å². The Labute approximate surface area is 249 Å². The summed E-state index contributed by atoms with van der Waals surface area (Å²) in [5.41, 5.74) is 9.96. The van der Waals surface area contributed by atoms with Gasteiger partial charge in [0.05, 0.1) is 18.3 Å². The summed E-state index contributed by atoms with van der Waals surface area (Å²) in [7, 11) is 0. The van der Waals surface area contributed by atoms with Gasteiger partial charge < -0.3 is 30.4 Å². The molecule has 15 heteroatoms. The maximum atomic E-state index is 13.5. The lowest BCUT2D eigenvalue weighted by Gasteiger charge is -2.23. The van der Waals surface area contributed by atoms with E-state index in [1.54, 1.807) is 13.0 Å². The summed E-state index contributed by atoms with van der Waals surface area (Å²) in [6, 6.07) is 12.0. The highest BCUT2D eigenvalue weighted by molar-refractivity contribution is 5.99. The van der Waals surface area contributed by atoms with Gasteiger partial charge in [0.2, 0.25) is 0 Å². The topological polar surface area (TPSA) is 185 Å². The number of alkyl halides is 3. The number of hydrogen-bond donors (Lipinski definition) is 6. The third kappa shape index (κ3) is 8.77. The van der Waals surface area contributed by atoms with Crippen LogP contribution in [0.3, 0.4) is 0 Å². The van der Waals surface area contributed by atoms with Crippen LogP contribution in [0.2, 0.25) is 0 Å². The molecule has 1 atom stereocenters. The summed E-state index contributed by atoms with van der Waals surface area (Å²) in [5, 5.41) is 20.1. The Hall–Kier alpha value is -5.47. The zero-order valence-corrected chi connectivity index (χ0v) is 23.7. The number of nitrogen functional groups attached to an aromatic ring is 1. The third-order valence-corrected chi connectivity index (χ3v) is 5.65. The Balaban J connectivity index is 2.00. The number of benzene rings is 3. The van der Waals surface area contributed by atoms with Crippen LogP contribution >= 0.6 is 0 Å². The van der Waals surface area contributed by atoms with Crippen molar-refractivity contribution in [1.29, 1.82) is 5.41 Å². The molecule has 0 heterocycles. The average Bonchev–Trinajstić information content (AvgIpc) is 2.94. The highest BCUT2D eigenvalue weighted by atomic mass is 19.4. The van der Waals surface area contributed by atoms with Crippen molar-refractivity contribution in [2.45, 2.75) is 39.1 Å². The molecule has 0 aliphatic carbocycles. The van der Waals surface area contributed by atoms with Gasteiger partial charge in [0, 0.05) is 17.3 Å². The number of carbonyl (C=O) groups is 3. The number of anilines is 1. The van der Waals surface area contributed by atoms with Gasteiger partial charge in [0.25, 0.3) is 11.8 Å². The number of esters is 1. The molecule has 0 spiro atoms. The van der Waals surface area contributed by atoms with E-state index >= 15 is 0 Å². The van der Waals surface area contributed by atoms with Crippen LogP contribution in [0.5, 0.6) is 23.0 Å². The normalized spacial score (nSPS) is 11.7. The smallest absolute Gasteiger partial charge is 0.491 e. The molecule has 12 nitrogen and oxygen atoms in total. The molecular weight excluding hydrogens is 587 g/mol. The van der Waals surface area contributed by atoms with Crippen molar-refractivity contribution in [3.05, 3.63) is 77.4 Å². The minimum Gasteiger partial charge on any atom is -0.508 e. The maximum Gasteiger partial charge on any atom is 0.491 e. The lowest BCUT2D eigenvalue weighted by molar-refractivity contribution is -0.189. The maximum absolute atomic E-state index is 13.5. The van der Waals surface area contributed by atoms with Crippen LogP contribution in [0.1, 0.15) is 48.3 Å². The van der Waals surface area contributed by atoms with Crippen molar-refractivity contribution in [2.24, 2.45) is 5.73 Å². The molecule has 0 fully saturated rings. The van der Waals surface area contributed by atoms with Gasteiger partial charge in [-0.25, -0.2) is 4.79 Å². The first kappa shape index (κ1) is 33.0. The molecule has 0 saturated heterocycles. The molecule has 7 N–H and O–H groups in total. The Morgan fingerprint density at radius 3 is 2.32 bits per heavy atom. The van der Waals surface area contributed by atoms with Gasteiger partial charge in [-0.2, -0.15) is 13.2 Å². The SMILES string of the molecule is CCOc1cc(C(Nc2ccc(C(=N)N)c(OC(=O)C(F)(F)F)c2)C(=O)NNC(=O)c2cccc(O)c2)ccc1OC(C)C. The second kappa shape index (κ2) is 14.1. The van der Waals surface area contributed by atoms with E-state index in [-0.39, 0.29) is 46.6 Å². The fraction of sp³-hybridized carbons (Fsp3) is 0.241. The fourth-order valence-electron chi connectivity index (χ4n) is 3.78. The number of amides is 2. The minimum absolute atomic E-state index is 0.0140. The quantitative estimate of drug-likeness (QED) is 0.0610. The predicted molar refractivity (Wildman–Crippen MR) is 153 cm³/mol. The first-order valence-corrected chi connectivity index (χ1v) is 13.1. The largest absolute Gasteiger partial charge is 0.508 e. The summed E-state index contributed by atoms with van der Waals surface area (Å²) in [5.74, 6) is -4.99. The van der Waals surface area contributed by atoms with Gasteiger partial charge in [0.1, 0.15) is 23.4 Å². The zero-order chi connectivity index (χ0) is 32.6. The van der Waals surface area contributed by atoms with Crippen LogP contribution in [0.4, 0.5) is 18.9 Å². The molecule has 3 aromatic carbocycles. The Kier molecular flexibility index (Phi) is 10.6. The predicted octanol–water partition coefficient (Wildman–Crippen LogP) is 3.94. The first-order valence-electron chi connectivity index (χ1n) is 13.1. The van der Waals surface area contributed by atoms with Gasteiger partial charge in [0.15, 0.2) is 11.5 Å². The van der Waals surface area contributed by atoms with Crippen molar-refractivity contribution in [3.8, 4) is 23.0 Å². The molecule has 0 aliphatic heterocycles. The first-order chi connectivity index (χ1) is 20.7. The summed E-state index contributed by atoms with van der Waals surface area (Å²) in [4.78, 5) is 37.6. The second-order valence-electron chi connectivity index (χ2n) is 9.39. The highest BCUT2D eigenvalue weighted by Gasteiger charge is 2.42. The van der Waals surface area contributed by atoms with E-state index in [4.69, 9.17) is 20.6 Å². The van der Waals surface area contributed by atoms with Crippen molar-refractivity contribution in [3.63, 3.8) is 0 Å². The number of nitrogens with two attached hydrogens (primary N) is 1. The van der Waals surface area contributed by atoms with E-state index in [2.05, 4.69) is 20.9 Å². The fourth-order valence-corrected chi connectivity index (χ4v) is 3.78. The van der Waals surface area contributed by atoms with Crippen LogP contribution in [-0.4, -0.2) is 47.6 Å². The number of amidine groups is 1. The molecule has 3 rings (SSSR count). The van der Waals surface area contributed by atoms with Crippen molar-refractivity contribution in [2.75, 3.05) is 11.9 Å². The van der Waals surface area contributed by atoms with Gasteiger partial charge in [-0.15, -0.1) is 0 Å². The second-order valence-corrected chi connectivity index (χ2v) is 9.39. The van der Waals surface area contributed by atoms with Crippen LogP contribution in [0.25, 0.3) is 0 Å². The monoisotopic (exact) mass is 617 g/mol. The average molecular weight is 618 g/mol. The Morgan fingerprint density at radius 2 is 1.70 bits per heavy atom. The summed E-state index contributed by atoms with van der Waals surface area (Å²) >= 11 is 0. The molecular formula is C29H30F3N5O7. The highest BCUT2D eigenvalue weighted by Crippen LogP contribution is 2.34. The number of halogens is 3. The number of rotatable bonds is 11. The van der Waals surface area contributed by atoms with Crippen LogP contribution in [0.15, 0.2) is 60.7 Å². The number of aromatic hydroxyl groups is 1.